The zero-order chi connectivity index (χ0) is 21.1. The monoisotopic (exact) mass is 370 g/mol. The van der Waals surface area contributed by atoms with Crippen LogP contribution in [-0.2, 0) is 28.6 Å². The Balaban J connectivity index is -0.0000000730. The minimum atomic E-state index is -0.933. The maximum Gasteiger partial charge on any atom is 0.329 e. The second kappa shape index (κ2) is 38.3. The summed E-state index contributed by atoms with van der Waals surface area (Å²) >= 11 is 0. The fourth-order valence-corrected chi connectivity index (χ4v) is 0.899. The summed E-state index contributed by atoms with van der Waals surface area (Å²) in [5, 5.41) is 14.8. The van der Waals surface area contributed by atoms with E-state index in [9.17, 15) is 14.4 Å². The summed E-state index contributed by atoms with van der Waals surface area (Å²) in [5.41, 5.74) is 0. The van der Waals surface area contributed by atoms with Gasteiger partial charge in [-0.15, -0.1) is 0 Å². The molecule has 0 aromatic rings. The van der Waals surface area contributed by atoms with Gasteiger partial charge in [-0.3, -0.25) is 9.59 Å². The number of hydrogen-bond donors (Lipinski definition) is 2. The average molecular weight is 370 g/mol. The van der Waals surface area contributed by atoms with E-state index >= 15 is 0 Å². The lowest BCUT2D eigenvalue weighted by atomic mass is 10.2. The number of hydrogen-bond acceptors (Lipinski definition) is 7. The predicted octanol–water partition coefficient (Wildman–Crippen LogP) is 1.97. The normalized spacial score (nSPS) is 7.88. The predicted molar refractivity (Wildman–Crippen MR) is 98.0 cm³/mol. The van der Waals surface area contributed by atoms with Crippen LogP contribution in [0.5, 0.6) is 0 Å². The molecule has 0 atom stereocenters. The van der Waals surface area contributed by atoms with E-state index in [1.165, 1.54) is 21.3 Å². The third-order valence-electron chi connectivity index (χ3n) is 1.80. The van der Waals surface area contributed by atoms with Crippen molar-refractivity contribution >= 4 is 17.5 Å². The summed E-state index contributed by atoms with van der Waals surface area (Å²) in [7, 11) is 5.40. The molecule has 0 aliphatic rings. The molecule has 0 spiro atoms. The minimum Gasteiger partial charge on any atom is -0.480 e. The van der Waals surface area contributed by atoms with Crippen LogP contribution in [0, 0.1) is 0 Å². The van der Waals surface area contributed by atoms with Crippen LogP contribution in [0.4, 0.5) is 0 Å². The smallest absolute Gasteiger partial charge is 0.329 e. The molecule has 0 heterocycles. The number of carbonyl (C=O) groups is 3. The summed E-state index contributed by atoms with van der Waals surface area (Å²) in [5.74, 6) is -0.588. The summed E-state index contributed by atoms with van der Waals surface area (Å²) in [4.78, 5) is 30.3. The fourth-order valence-electron chi connectivity index (χ4n) is 0.899. The summed E-state index contributed by atoms with van der Waals surface area (Å²) in [6.45, 7) is 8.12. The molecule has 25 heavy (non-hydrogen) atoms. The molecular weight excluding hydrogens is 332 g/mol. The standard InChI is InChI=1S/C6H12O2.C5H10O2.C3H6O3.C2H6.CH4O/c1-3-4-6(7)5-8-2;1-3-5(6)4-7-2;1-6-2-3(4)5;2*1-2/h3-5H2,1-2H3;3-4H2,1-2H3;2H2,1H3,(H,4,5);1-2H3;2H,1H3. The van der Waals surface area contributed by atoms with Crippen LogP contribution in [0.2, 0.25) is 0 Å². The van der Waals surface area contributed by atoms with Gasteiger partial charge in [0, 0.05) is 41.3 Å². The third kappa shape index (κ3) is 60.4. The van der Waals surface area contributed by atoms with Gasteiger partial charge in [-0.1, -0.05) is 27.7 Å². The molecule has 0 rings (SSSR count). The summed E-state index contributed by atoms with van der Waals surface area (Å²) in [6.07, 6.45) is 2.14. The molecule has 0 aliphatic carbocycles. The highest BCUT2D eigenvalue weighted by Crippen LogP contribution is 1.87. The Morgan fingerprint density at radius 2 is 1.12 bits per heavy atom. The Kier molecular flexibility index (Phi) is 53.4. The minimum absolute atomic E-state index is 0.155. The van der Waals surface area contributed by atoms with Gasteiger partial charge in [0.05, 0.1) is 0 Å². The molecular formula is C17H38O8. The molecule has 0 aromatic heterocycles. The number of carboxylic acid groups (broad SMARTS) is 1. The first kappa shape index (κ1) is 34.9. The van der Waals surface area contributed by atoms with Gasteiger partial charge in [-0.05, 0) is 6.42 Å². The van der Waals surface area contributed by atoms with Crippen molar-refractivity contribution < 1.29 is 38.8 Å². The Labute approximate surface area is 152 Å². The SMILES string of the molecule is CC.CCC(=O)COC.CCCC(=O)COC.CO.COCC(=O)O. The summed E-state index contributed by atoms with van der Waals surface area (Å²) in [6, 6.07) is 0. The topological polar surface area (TPSA) is 119 Å². The molecule has 154 valence electrons. The highest BCUT2D eigenvalue weighted by Gasteiger charge is 1.95. The molecule has 0 saturated heterocycles. The van der Waals surface area contributed by atoms with Gasteiger partial charge in [-0.25, -0.2) is 4.79 Å². The van der Waals surface area contributed by atoms with Crippen molar-refractivity contribution in [2.45, 2.75) is 47.0 Å². The van der Waals surface area contributed by atoms with Gasteiger partial charge in [0.15, 0.2) is 11.6 Å². The molecule has 8 heteroatoms. The van der Waals surface area contributed by atoms with E-state index in [4.69, 9.17) is 10.2 Å². The van der Waals surface area contributed by atoms with Crippen molar-refractivity contribution in [3.8, 4) is 0 Å². The number of Topliss-reactive ketones (excluding diaryl/α,β-unsaturated/α-hetero) is 2. The molecule has 2 N–H and O–H groups in total. The number of ether oxygens (including phenoxy) is 3. The second-order valence-corrected chi connectivity index (χ2v) is 3.87. The van der Waals surface area contributed by atoms with Gasteiger partial charge in [0.2, 0.25) is 0 Å². The largest absolute Gasteiger partial charge is 0.480 e. The molecule has 0 unspecified atom stereocenters. The molecule has 0 saturated carbocycles. The van der Waals surface area contributed by atoms with Crippen LogP contribution in [0.1, 0.15) is 47.0 Å². The third-order valence-corrected chi connectivity index (χ3v) is 1.80. The average Bonchev–Trinajstić information content (AvgIpc) is 2.60. The van der Waals surface area contributed by atoms with Crippen LogP contribution in [-0.4, -0.2) is 76.0 Å². The van der Waals surface area contributed by atoms with Crippen molar-refractivity contribution in [1.82, 2.24) is 0 Å². The van der Waals surface area contributed by atoms with Crippen LogP contribution < -0.4 is 0 Å². The van der Waals surface area contributed by atoms with Gasteiger partial charge < -0.3 is 24.4 Å². The molecule has 0 aromatic carbocycles. The van der Waals surface area contributed by atoms with E-state index < -0.39 is 5.97 Å². The van der Waals surface area contributed by atoms with Gasteiger partial charge in [0.25, 0.3) is 0 Å². The van der Waals surface area contributed by atoms with E-state index in [0.29, 0.717) is 12.8 Å². The first-order chi connectivity index (χ1) is 11.9. The number of aliphatic carboxylic acids is 1. The number of rotatable bonds is 9. The van der Waals surface area contributed by atoms with Gasteiger partial charge in [0.1, 0.15) is 19.8 Å². The van der Waals surface area contributed by atoms with Crippen molar-refractivity contribution in [2.75, 3.05) is 48.3 Å². The Morgan fingerprint density at radius 1 is 0.760 bits per heavy atom. The zero-order valence-electron chi connectivity index (χ0n) is 17.1. The second-order valence-electron chi connectivity index (χ2n) is 3.87. The lowest BCUT2D eigenvalue weighted by molar-refractivity contribution is -0.141. The van der Waals surface area contributed by atoms with Crippen LogP contribution in [0.15, 0.2) is 0 Å². The van der Waals surface area contributed by atoms with E-state index in [2.05, 4.69) is 14.2 Å². The number of carbonyl (C=O) groups excluding carboxylic acids is 2. The maximum atomic E-state index is 10.5. The number of methoxy groups -OCH3 is 3. The van der Waals surface area contributed by atoms with Crippen molar-refractivity contribution in [3.63, 3.8) is 0 Å². The van der Waals surface area contributed by atoms with E-state index in [1.807, 2.05) is 27.7 Å². The van der Waals surface area contributed by atoms with Crippen LogP contribution >= 0.6 is 0 Å². The number of ketones is 2. The molecule has 8 nitrogen and oxygen atoms in total. The van der Waals surface area contributed by atoms with Gasteiger partial charge in [-0.2, -0.15) is 0 Å². The Bertz CT molecular complexity index is 259. The Hall–Kier alpha value is -1.35. The van der Waals surface area contributed by atoms with Crippen molar-refractivity contribution in [1.29, 1.82) is 0 Å². The van der Waals surface area contributed by atoms with E-state index in [0.717, 1.165) is 13.5 Å². The molecule has 0 bridgehead atoms. The maximum absolute atomic E-state index is 10.5. The molecule has 0 amide bonds. The van der Waals surface area contributed by atoms with E-state index in [-0.39, 0.29) is 31.4 Å². The van der Waals surface area contributed by atoms with E-state index in [1.54, 1.807) is 0 Å². The molecule has 0 radical (unpaired) electrons. The quantitative estimate of drug-likeness (QED) is 0.632. The fraction of sp³-hybridized carbons (Fsp3) is 0.824. The van der Waals surface area contributed by atoms with Crippen molar-refractivity contribution in [3.05, 3.63) is 0 Å². The highest BCUT2D eigenvalue weighted by atomic mass is 16.5. The molecule has 0 aliphatic heterocycles. The molecule has 0 fully saturated rings. The first-order valence-electron chi connectivity index (χ1n) is 8.06. The van der Waals surface area contributed by atoms with Crippen molar-refractivity contribution in [2.24, 2.45) is 0 Å². The van der Waals surface area contributed by atoms with Gasteiger partial charge >= 0.3 is 5.97 Å². The summed E-state index contributed by atoms with van der Waals surface area (Å²) < 4.78 is 13.4. The number of aliphatic hydroxyl groups is 1. The lowest BCUT2D eigenvalue weighted by Gasteiger charge is -1.93. The van der Waals surface area contributed by atoms with Crippen LogP contribution in [0.3, 0.4) is 0 Å². The number of aliphatic hydroxyl groups excluding tert-OH is 1. The zero-order valence-corrected chi connectivity index (χ0v) is 17.1. The lowest BCUT2D eigenvalue weighted by Crippen LogP contribution is -2.04. The number of carboxylic acids is 1. The highest BCUT2D eigenvalue weighted by molar-refractivity contribution is 5.79. The first-order valence-corrected chi connectivity index (χ1v) is 8.06. The van der Waals surface area contributed by atoms with Crippen LogP contribution in [0.25, 0.3) is 0 Å². The Morgan fingerprint density at radius 3 is 1.28 bits per heavy atom.